The molecule has 0 fully saturated rings. The fourth-order valence-corrected chi connectivity index (χ4v) is 0.731. The maximum Gasteiger partial charge on any atom is 0.405 e. The predicted molar refractivity (Wildman–Crippen MR) is 45.9 cm³/mol. The second-order valence-corrected chi connectivity index (χ2v) is 2.79. The van der Waals surface area contributed by atoms with Crippen LogP contribution in [0, 0.1) is 0 Å². The maximum absolute atomic E-state index is 11.7. The van der Waals surface area contributed by atoms with E-state index in [0.29, 0.717) is 0 Å². The van der Waals surface area contributed by atoms with Crippen LogP contribution in [0.1, 0.15) is 0 Å². The van der Waals surface area contributed by atoms with Gasteiger partial charge in [-0.05, 0) is 0 Å². The summed E-state index contributed by atoms with van der Waals surface area (Å²) in [6.07, 6.45) is -4.54. The van der Waals surface area contributed by atoms with Gasteiger partial charge in [0.2, 0.25) is 0 Å². The minimum atomic E-state index is -4.54. The van der Waals surface area contributed by atoms with Crippen LogP contribution in [-0.4, -0.2) is 49.6 Å². The van der Waals surface area contributed by atoms with E-state index < -0.39 is 30.8 Å². The summed E-state index contributed by atoms with van der Waals surface area (Å²) in [5.74, 6) is -1.40. The third-order valence-corrected chi connectivity index (χ3v) is 1.39. The molecule has 2 amide bonds. The number of carbonyl (C=O) groups excluding carboxylic acids is 1. The van der Waals surface area contributed by atoms with Crippen LogP contribution in [0.4, 0.5) is 18.0 Å². The number of carboxylic acid groups (broad SMARTS) is 1. The van der Waals surface area contributed by atoms with Crippen molar-refractivity contribution in [3.63, 3.8) is 0 Å². The van der Waals surface area contributed by atoms with E-state index in [1.165, 1.54) is 12.4 Å². The van der Waals surface area contributed by atoms with Gasteiger partial charge in [0.1, 0.15) is 6.54 Å². The van der Waals surface area contributed by atoms with Crippen LogP contribution >= 0.6 is 0 Å². The Hall–Kier alpha value is -1.51. The number of amides is 2. The molecule has 0 saturated carbocycles. The lowest BCUT2D eigenvalue weighted by Gasteiger charge is -2.14. The first kappa shape index (κ1) is 14.5. The molecule has 0 aliphatic carbocycles. The highest BCUT2D eigenvalue weighted by atomic mass is 19.4. The lowest BCUT2D eigenvalue weighted by atomic mass is 10.3. The Balaban J connectivity index is 4.05. The lowest BCUT2D eigenvalue weighted by molar-refractivity contribution is -0.140. The molecule has 6 nitrogen and oxygen atoms in total. The van der Waals surface area contributed by atoms with Gasteiger partial charge in [-0.15, -0.1) is 0 Å². The standard InChI is InChI=1S/C7H11F3N2O4/c1-16-2-4(5(13)14)12-6(15)11-3-7(8,9)10/h4H,2-3H2,1H3,(H,13,14)(H2,11,12,15). The first-order valence-electron chi connectivity index (χ1n) is 4.09. The van der Waals surface area contributed by atoms with Crippen molar-refractivity contribution < 1.29 is 32.6 Å². The van der Waals surface area contributed by atoms with E-state index in [1.807, 2.05) is 5.32 Å². The molecule has 16 heavy (non-hydrogen) atoms. The highest BCUT2D eigenvalue weighted by Crippen LogP contribution is 2.11. The Morgan fingerprint density at radius 3 is 2.38 bits per heavy atom. The number of halogens is 3. The number of urea groups is 1. The van der Waals surface area contributed by atoms with Gasteiger partial charge in [-0.3, -0.25) is 0 Å². The van der Waals surface area contributed by atoms with Crippen LogP contribution in [0.3, 0.4) is 0 Å². The van der Waals surface area contributed by atoms with Gasteiger partial charge in [-0.2, -0.15) is 13.2 Å². The summed E-state index contributed by atoms with van der Waals surface area (Å²) in [4.78, 5) is 21.3. The molecule has 0 aromatic rings. The van der Waals surface area contributed by atoms with Crippen molar-refractivity contribution in [1.29, 1.82) is 0 Å². The first-order chi connectivity index (χ1) is 7.26. The van der Waals surface area contributed by atoms with Gasteiger partial charge in [0.05, 0.1) is 6.61 Å². The Labute approximate surface area is 88.8 Å². The van der Waals surface area contributed by atoms with Crippen molar-refractivity contribution in [2.24, 2.45) is 0 Å². The maximum atomic E-state index is 11.7. The van der Waals surface area contributed by atoms with E-state index in [0.717, 1.165) is 0 Å². The van der Waals surface area contributed by atoms with Crippen molar-refractivity contribution >= 4 is 12.0 Å². The van der Waals surface area contributed by atoms with Crippen molar-refractivity contribution in [3.05, 3.63) is 0 Å². The largest absolute Gasteiger partial charge is 0.480 e. The Bertz CT molecular complexity index is 257. The number of rotatable bonds is 5. The highest BCUT2D eigenvalue weighted by molar-refractivity contribution is 5.82. The molecule has 0 saturated heterocycles. The number of carbonyl (C=O) groups is 2. The molecule has 1 atom stereocenters. The normalized spacial score (nSPS) is 13.0. The predicted octanol–water partition coefficient (Wildman–Crippen LogP) is -0.0525. The van der Waals surface area contributed by atoms with Crippen LogP contribution in [0.15, 0.2) is 0 Å². The average Bonchev–Trinajstić information content (AvgIpc) is 2.13. The molecule has 0 radical (unpaired) electrons. The van der Waals surface area contributed by atoms with Gasteiger partial charge in [0.25, 0.3) is 0 Å². The van der Waals surface area contributed by atoms with Gasteiger partial charge in [-0.25, -0.2) is 9.59 Å². The summed E-state index contributed by atoms with van der Waals surface area (Å²) in [5.41, 5.74) is 0. The topological polar surface area (TPSA) is 87.7 Å². The minimum Gasteiger partial charge on any atom is -0.480 e. The van der Waals surface area contributed by atoms with E-state index in [9.17, 15) is 22.8 Å². The molecule has 0 aromatic carbocycles. The number of methoxy groups -OCH3 is 1. The number of hydrogen-bond acceptors (Lipinski definition) is 3. The highest BCUT2D eigenvalue weighted by Gasteiger charge is 2.28. The number of aliphatic carboxylic acids is 1. The summed E-state index contributed by atoms with van der Waals surface area (Å²) < 4.78 is 39.5. The van der Waals surface area contributed by atoms with Crippen LogP contribution in [0.25, 0.3) is 0 Å². The molecule has 0 aliphatic rings. The lowest BCUT2D eigenvalue weighted by Crippen LogP contribution is -2.49. The first-order valence-corrected chi connectivity index (χ1v) is 4.09. The smallest absolute Gasteiger partial charge is 0.405 e. The van der Waals surface area contributed by atoms with Crippen molar-refractivity contribution in [3.8, 4) is 0 Å². The van der Waals surface area contributed by atoms with Crippen LogP contribution in [0.2, 0.25) is 0 Å². The fourth-order valence-electron chi connectivity index (χ4n) is 0.731. The summed E-state index contributed by atoms with van der Waals surface area (Å²) in [6, 6.07) is -2.61. The third-order valence-electron chi connectivity index (χ3n) is 1.39. The molecular formula is C7H11F3N2O4. The third kappa shape index (κ3) is 6.87. The summed E-state index contributed by atoms with van der Waals surface area (Å²) in [7, 11) is 1.20. The van der Waals surface area contributed by atoms with Crippen molar-refractivity contribution in [2.45, 2.75) is 12.2 Å². The molecule has 3 N–H and O–H groups in total. The van der Waals surface area contributed by atoms with Gasteiger partial charge in [-0.1, -0.05) is 0 Å². The Kier molecular flexibility index (Phi) is 5.57. The summed E-state index contributed by atoms with van der Waals surface area (Å²) in [6.45, 7) is -1.87. The molecule has 0 aromatic heterocycles. The summed E-state index contributed by atoms with van der Waals surface area (Å²) >= 11 is 0. The molecular weight excluding hydrogens is 233 g/mol. The van der Waals surface area contributed by atoms with E-state index in [2.05, 4.69) is 4.74 Å². The van der Waals surface area contributed by atoms with E-state index in [1.54, 1.807) is 0 Å². The number of hydrogen-bond donors (Lipinski definition) is 3. The van der Waals surface area contributed by atoms with Crippen LogP contribution < -0.4 is 10.6 Å². The number of ether oxygens (including phenoxy) is 1. The molecule has 94 valence electrons. The van der Waals surface area contributed by atoms with E-state index >= 15 is 0 Å². The molecule has 1 unspecified atom stereocenters. The van der Waals surface area contributed by atoms with Gasteiger partial charge in [0, 0.05) is 7.11 Å². The zero-order valence-electron chi connectivity index (χ0n) is 8.30. The second kappa shape index (κ2) is 6.16. The number of alkyl halides is 3. The second-order valence-electron chi connectivity index (χ2n) is 2.79. The zero-order valence-corrected chi connectivity index (χ0v) is 8.30. The fraction of sp³-hybridized carbons (Fsp3) is 0.714. The Morgan fingerprint density at radius 2 is 2.00 bits per heavy atom. The quantitative estimate of drug-likeness (QED) is 0.632. The molecule has 0 rings (SSSR count). The van der Waals surface area contributed by atoms with Crippen LogP contribution in [-0.2, 0) is 9.53 Å². The summed E-state index contributed by atoms with van der Waals surface area (Å²) in [5, 5.41) is 11.8. The van der Waals surface area contributed by atoms with Crippen molar-refractivity contribution in [2.75, 3.05) is 20.3 Å². The Morgan fingerprint density at radius 1 is 1.44 bits per heavy atom. The molecule has 0 bridgehead atoms. The monoisotopic (exact) mass is 244 g/mol. The number of carboxylic acids is 1. The SMILES string of the molecule is COCC(NC(=O)NCC(F)(F)F)C(=O)O. The number of nitrogens with one attached hydrogen (secondary N) is 2. The minimum absolute atomic E-state index is 0.339. The molecule has 9 heteroatoms. The molecule has 0 heterocycles. The van der Waals surface area contributed by atoms with Gasteiger partial charge in [0.15, 0.2) is 6.04 Å². The molecule has 0 aliphatic heterocycles. The van der Waals surface area contributed by atoms with E-state index in [-0.39, 0.29) is 6.61 Å². The van der Waals surface area contributed by atoms with Gasteiger partial charge < -0.3 is 20.5 Å². The average molecular weight is 244 g/mol. The zero-order chi connectivity index (χ0) is 12.8. The van der Waals surface area contributed by atoms with Crippen LogP contribution in [0.5, 0.6) is 0 Å². The van der Waals surface area contributed by atoms with Gasteiger partial charge >= 0.3 is 18.2 Å². The van der Waals surface area contributed by atoms with E-state index in [4.69, 9.17) is 5.11 Å². The molecule has 0 spiro atoms. The van der Waals surface area contributed by atoms with Crippen molar-refractivity contribution in [1.82, 2.24) is 10.6 Å².